The topological polar surface area (TPSA) is 49.3 Å². The van der Waals surface area contributed by atoms with Crippen molar-refractivity contribution in [2.75, 3.05) is 59.6 Å². The second-order valence-electron chi connectivity index (χ2n) is 8.75. The Balaban J connectivity index is 1.31. The van der Waals surface area contributed by atoms with E-state index in [1.54, 1.807) is 0 Å². The molecule has 4 rings (SSSR count). The molecule has 4 fully saturated rings. The van der Waals surface area contributed by atoms with Crippen molar-refractivity contribution >= 4 is 5.96 Å². The molecule has 6 heteroatoms. The standard InChI is InChI=1S/C19H34N4O2/c1-19(2)16(15-5-9-25-17(15)19)21-18(20-3)23-6-4-14(13-23)12-22-7-10-24-11-8-22/h14-17H,4-13H2,1-3H3,(H,20,21). The average Bonchev–Trinajstić information content (AvgIpc) is 3.25. The Morgan fingerprint density at radius 1 is 1.16 bits per heavy atom. The second kappa shape index (κ2) is 7.05. The molecule has 25 heavy (non-hydrogen) atoms. The first-order valence-corrected chi connectivity index (χ1v) is 9.99. The van der Waals surface area contributed by atoms with Gasteiger partial charge in [-0.05, 0) is 18.8 Å². The van der Waals surface area contributed by atoms with Crippen molar-refractivity contribution in [3.8, 4) is 0 Å². The van der Waals surface area contributed by atoms with Crippen LogP contribution in [0, 0.1) is 17.3 Å². The molecule has 0 radical (unpaired) electrons. The van der Waals surface area contributed by atoms with E-state index in [0.29, 0.717) is 18.1 Å². The third-order valence-corrected chi connectivity index (χ3v) is 6.80. The SMILES string of the molecule is CN=C(NC1C2CCOC2C1(C)C)N1CCC(CN2CCOCC2)C1. The largest absolute Gasteiger partial charge is 0.379 e. The molecular formula is C19H34N4O2. The van der Waals surface area contributed by atoms with Crippen molar-refractivity contribution in [3.05, 3.63) is 0 Å². The second-order valence-corrected chi connectivity index (χ2v) is 8.75. The van der Waals surface area contributed by atoms with Crippen LogP contribution in [0.25, 0.3) is 0 Å². The molecule has 0 bridgehead atoms. The summed E-state index contributed by atoms with van der Waals surface area (Å²) in [6.07, 6.45) is 2.87. The van der Waals surface area contributed by atoms with Crippen LogP contribution in [0.15, 0.2) is 4.99 Å². The van der Waals surface area contributed by atoms with Crippen molar-refractivity contribution in [3.63, 3.8) is 0 Å². The van der Waals surface area contributed by atoms with Crippen molar-refractivity contribution in [1.29, 1.82) is 0 Å². The van der Waals surface area contributed by atoms with Crippen LogP contribution >= 0.6 is 0 Å². The fourth-order valence-electron chi connectivity index (χ4n) is 5.38. The van der Waals surface area contributed by atoms with Crippen LogP contribution in [-0.4, -0.2) is 87.5 Å². The normalized spacial score (nSPS) is 38.5. The zero-order valence-corrected chi connectivity index (χ0v) is 16.0. The van der Waals surface area contributed by atoms with E-state index in [-0.39, 0.29) is 5.41 Å². The molecule has 1 N–H and O–H groups in total. The molecule has 1 saturated carbocycles. The molecule has 0 amide bonds. The predicted octanol–water partition coefficient (Wildman–Crippen LogP) is 1.03. The lowest BCUT2D eigenvalue weighted by Gasteiger charge is -2.55. The first-order chi connectivity index (χ1) is 12.1. The summed E-state index contributed by atoms with van der Waals surface area (Å²) in [6.45, 7) is 13.0. The quantitative estimate of drug-likeness (QED) is 0.609. The van der Waals surface area contributed by atoms with Crippen molar-refractivity contribution < 1.29 is 9.47 Å². The molecule has 0 aromatic rings. The summed E-state index contributed by atoms with van der Waals surface area (Å²) in [5, 5.41) is 3.79. The maximum atomic E-state index is 5.93. The number of aliphatic imine (C=N–C) groups is 1. The van der Waals surface area contributed by atoms with E-state index in [1.165, 1.54) is 19.4 Å². The molecule has 3 aliphatic heterocycles. The molecule has 6 nitrogen and oxygen atoms in total. The maximum absolute atomic E-state index is 5.93. The molecule has 142 valence electrons. The molecule has 1 aliphatic carbocycles. The Morgan fingerprint density at radius 3 is 2.72 bits per heavy atom. The summed E-state index contributed by atoms with van der Waals surface area (Å²) in [4.78, 5) is 9.63. The number of hydrogen-bond acceptors (Lipinski definition) is 4. The van der Waals surface area contributed by atoms with Gasteiger partial charge in [0.2, 0.25) is 0 Å². The van der Waals surface area contributed by atoms with Gasteiger partial charge in [-0.3, -0.25) is 9.89 Å². The van der Waals surface area contributed by atoms with Gasteiger partial charge in [-0.15, -0.1) is 0 Å². The number of hydrogen-bond donors (Lipinski definition) is 1. The van der Waals surface area contributed by atoms with Crippen LogP contribution in [0.1, 0.15) is 26.7 Å². The monoisotopic (exact) mass is 350 g/mol. The lowest BCUT2D eigenvalue weighted by atomic mass is 9.57. The van der Waals surface area contributed by atoms with Crippen LogP contribution in [0.3, 0.4) is 0 Å². The van der Waals surface area contributed by atoms with Gasteiger partial charge in [-0.2, -0.15) is 0 Å². The number of nitrogens with zero attached hydrogens (tertiary/aromatic N) is 3. The number of ether oxygens (including phenoxy) is 2. The van der Waals surface area contributed by atoms with Crippen LogP contribution in [-0.2, 0) is 9.47 Å². The first-order valence-electron chi connectivity index (χ1n) is 9.99. The minimum absolute atomic E-state index is 0.198. The van der Waals surface area contributed by atoms with E-state index in [0.717, 1.165) is 57.9 Å². The highest BCUT2D eigenvalue weighted by Crippen LogP contribution is 2.52. The third-order valence-electron chi connectivity index (χ3n) is 6.80. The van der Waals surface area contributed by atoms with Crippen LogP contribution in [0.5, 0.6) is 0 Å². The van der Waals surface area contributed by atoms with E-state index in [1.807, 2.05) is 7.05 Å². The third kappa shape index (κ3) is 3.28. The van der Waals surface area contributed by atoms with Gasteiger partial charge < -0.3 is 19.7 Å². The Hall–Kier alpha value is -0.850. The molecule has 0 aromatic carbocycles. The Kier molecular flexibility index (Phi) is 4.95. The summed E-state index contributed by atoms with van der Waals surface area (Å²) >= 11 is 0. The van der Waals surface area contributed by atoms with E-state index in [4.69, 9.17) is 9.47 Å². The van der Waals surface area contributed by atoms with E-state index < -0.39 is 0 Å². The molecule has 3 heterocycles. The number of likely N-dealkylation sites (tertiary alicyclic amines) is 1. The highest BCUT2D eigenvalue weighted by molar-refractivity contribution is 5.80. The summed E-state index contributed by atoms with van der Waals surface area (Å²) < 4.78 is 11.4. The summed E-state index contributed by atoms with van der Waals surface area (Å²) in [7, 11) is 1.92. The Bertz CT molecular complexity index is 504. The lowest BCUT2D eigenvalue weighted by molar-refractivity contribution is -0.107. The zero-order valence-electron chi connectivity index (χ0n) is 16.0. The number of guanidine groups is 1. The van der Waals surface area contributed by atoms with E-state index >= 15 is 0 Å². The van der Waals surface area contributed by atoms with Gasteiger partial charge in [0, 0.05) is 63.8 Å². The van der Waals surface area contributed by atoms with Gasteiger partial charge in [0.15, 0.2) is 5.96 Å². The molecular weight excluding hydrogens is 316 g/mol. The predicted molar refractivity (Wildman–Crippen MR) is 98.8 cm³/mol. The molecule has 4 atom stereocenters. The van der Waals surface area contributed by atoms with Crippen LogP contribution in [0.2, 0.25) is 0 Å². The molecule has 3 saturated heterocycles. The van der Waals surface area contributed by atoms with Gasteiger partial charge in [0.25, 0.3) is 0 Å². The highest BCUT2D eigenvalue weighted by atomic mass is 16.5. The Morgan fingerprint density at radius 2 is 1.96 bits per heavy atom. The average molecular weight is 351 g/mol. The van der Waals surface area contributed by atoms with Crippen molar-refractivity contribution in [2.24, 2.45) is 22.2 Å². The minimum atomic E-state index is 0.198. The molecule has 4 aliphatic rings. The molecule has 0 spiro atoms. The first kappa shape index (κ1) is 17.6. The minimum Gasteiger partial charge on any atom is -0.379 e. The number of nitrogens with one attached hydrogen (secondary N) is 1. The smallest absolute Gasteiger partial charge is 0.193 e. The van der Waals surface area contributed by atoms with Crippen molar-refractivity contribution in [2.45, 2.75) is 38.8 Å². The lowest BCUT2D eigenvalue weighted by Crippen LogP contribution is -2.68. The number of fused-ring (bicyclic) bond motifs is 1. The maximum Gasteiger partial charge on any atom is 0.193 e. The van der Waals surface area contributed by atoms with Gasteiger partial charge in [-0.1, -0.05) is 13.8 Å². The van der Waals surface area contributed by atoms with Gasteiger partial charge in [0.05, 0.1) is 19.3 Å². The fourth-order valence-corrected chi connectivity index (χ4v) is 5.38. The van der Waals surface area contributed by atoms with Crippen LogP contribution in [0.4, 0.5) is 0 Å². The van der Waals surface area contributed by atoms with E-state index in [2.05, 4.69) is 34.0 Å². The van der Waals surface area contributed by atoms with Gasteiger partial charge in [0.1, 0.15) is 0 Å². The molecule has 4 unspecified atom stereocenters. The summed E-state index contributed by atoms with van der Waals surface area (Å²) in [5.74, 6) is 2.49. The Labute approximate surface area is 151 Å². The van der Waals surface area contributed by atoms with Gasteiger partial charge >= 0.3 is 0 Å². The zero-order chi connectivity index (χ0) is 17.4. The highest BCUT2D eigenvalue weighted by Gasteiger charge is 2.59. The van der Waals surface area contributed by atoms with Crippen molar-refractivity contribution in [1.82, 2.24) is 15.1 Å². The summed E-state index contributed by atoms with van der Waals surface area (Å²) in [6, 6.07) is 0.483. The van der Waals surface area contributed by atoms with Crippen LogP contribution < -0.4 is 5.32 Å². The van der Waals surface area contributed by atoms with Gasteiger partial charge in [-0.25, -0.2) is 0 Å². The number of morpholine rings is 1. The fraction of sp³-hybridized carbons (Fsp3) is 0.947. The number of rotatable bonds is 3. The summed E-state index contributed by atoms with van der Waals surface area (Å²) in [5.41, 5.74) is 0.198. The molecule has 0 aromatic heterocycles. The van der Waals surface area contributed by atoms with E-state index in [9.17, 15) is 0 Å².